The molecular weight excluding hydrogens is 354 g/mol. The Morgan fingerprint density at radius 1 is 1.35 bits per heavy atom. The smallest absolute Gasteiger partial charge is 0.338 e. The molecule has 138 valence electrons. The van der Waals surface area contributed by atoms with Gasteiger partial charge in [0.05, 0.1) is 17.3 Å². The predicted octanol–water partition coefficient (Wildman–Crippen LogP) is 1.81. The van der Waals surface area contributed by atoms with Crippen molar-refractivity contribution in [2.75, 3.05) is 19.4 Å². The normalized spacial score (nSPS) is 19.4. The van der Waals surface area contributed by atoms with Gasteiger partial charge in [0.2, 0.25) is 5.91 Å². The summed E-state index contributed by atoms with van der Waals surface area (Å²) in [4.78, 5) is 39.3. The molecule has 1 atom stereocenters. The highest BCUT2D eigenvalue weighted by atomic mass is 32.2. The van der Waals surface area contributed by atoms with Crippen molar-refractivity contribution >= 4 is 29.7 Å². The molecule has 0 aliphatic carbocycles. The highest BCUT2D eigenvalue weighted by Gasteiger charge is 2.42. The molecule has 0 saturated carbocycles. The van der Waals surface area contributed by atoms with E-state index >= 15 is 0 Å². The second-order valence-corrected chi connectivity index (χ2v) is 7.28. The summed E-state index contributed by atoms with van der Waals surface area (Å²) >= 11 is 1.61. The van der Waals surface area contributed by atoms with E-state index in [1.807, 2.05) is 44.4 Å². The zero-order valence-electron chi connectivity index (χ0n) is 14.9. The van der Waals surface area contributed by atoms with Gasteiger partial charge in [0, 0.05) is 10.9 Å². The van der Waals surface area contributed by atoms with Crippen molar-refractivity contribution in [3.05, 3.63) is 41.1 Å². The second-order valence-electron chi connectivity index (χ2n) is 6.40. The Balaban J connectivity index is 1.91. The van der Waals surface area contributed by atoms with Crippen LogP contribution >= 0.6 is 11.8 Å². The third kappa shape index (κ3) is 3.55. The number of esters is 1. The van der Waals surface area contributed by atoms with E-state index in [-0.39, 0.29) is 25.1 Å². The number of carbonyl (C=O) groups is 3. The zero-order chi connectivity index (χ0) is 18.8. The molecule has 2 aliphatic heterocycles. The van der Waals surface area contributed by atoms with Gasteiger partial charge in [-0.05, 0) is 37.8 Å². The molecule has 0 radical (unpaired) electrons. The molecule has 3 rings (SSSR count). The van der Waals surface area contributed by atoms with Crippen molar-refractivity contribution in [3.8, 4) is 0 Å². The maximum absolute atomic E-state index is 12.6. The average molecular weight is 375 g/mol. The first-order valence-corrected chi connectivity index (χ1v) is 9.54. The number of rotatable bonds is 5. The van der Waals surface area contributed by atoms with E-state index in [9.17, 15) is 14.4 Å². The average Bonchev–Trinajstić information content (AvgIpc) is 2.98. The lowest BCUT2D eigenvalue weighted by molar-refractivity contribution is -0.136. The minimum atomic E-state index is -0.576. The number of hydrogen-bond donors (Lipinski definition) is 2. The van der Waals surface area contributed by atoms with Gasteiger partial charge in [0.1, 0.15) is 13.2 Å². The van der Waals surface area contributed by atoms with Gasteiger partial charge in [-0.25, -0.2) is 9.59 Å². The monoisotopic (exact) mass is 375 g/mol. The number of amides is 3. The standard InChI is InChI=1S/C18H21N3O4S/c1-10(2)19-14(22)8-21-13-9-25-17(23)15(13)16(20-18(21)24)11-4-6-12(26-3)7-5-11/h4-7,10,16H,8-9H2,1-3H3,(H,19,22)(H,20,24)/t16-/m1/s1. The quantitative estimate of drug-likeness (QED) is 0.605. The van der Waals surface area contributed by atoms with E-state index in [0.717, 1.165) is 10.5 Å². The fourth-order valence-corrected chi connectivity index (χ4v) is 3.44. The van der Waals surface area contributed by atoms with E-state index in [1.54, 1.807) is 11.8 Å². The van der Waals surface area contributed by atoms with Gasteiger partial charge in [0.15, 0.2) is 0 Å². The van der Waals surface area contributed by atoms with E-state index in [2.05, 4.69) is 10.6 Å². The zero-order valence-corrected chi connectivity index (χ0v) is 15.7. The number of cyclic esters (lactones) is 1. The third-order valence-corrected chi connectivity index (χ3v) is 4.94. The highest BCUT2D eigenvalue weighted by Crippen LogP contribution is 2.35. The molecule has 0 unspecified atom stereocenters. The van der Waals surface area contributed by atoms with Crippen molar-refractivity contribution in [2.24, 2.45) is 0 Å². The molecule has 2 aliphatic rings. The van der Waals surface area contributed by atoms with Gasteiger partial charge in [-0.15, -0.1) is 11.8 Å². The Hall–Kier alpha value is -2.48. The van der Waals surface area contributed by atoms with Gasteiger partial charge in [-0.1, -0.05) is 12.1 Å². The Labute approximate surface area is 156 Å². The fraction of sp³-hybridized carbons (Fsp3) is 0.389. The van der Waals surface area contributed by atoms with Crippen LogP contribution in [0.2, 0.25) is 0 Å². The Kier molecular flexibility index (Phi) is 5.22. The van der Waals surface area contributed by atoms with Crippen LogP contribution in [-0.4, -0.2) is 48.3 Å². The maximum Gasteiger partial charge on any atom is 0.338 e. The Bertz CT molecular complexity index is 773. The second kappa shape index (κ2) is 7.41. The van der Waals surface area contributed by atoms with Crippen LogP contribution in [0.3, 0.4) is 0 Å². The molecule has 0 spiro atoms. The summed E-state index contributed by atoms with van der Waals surface area (Å²) in [5.74, 6) is -0.752. The Morgan fingerprint density at radius 3 is 2.65 bits per heavy atom. The number of hydrogen-bond acceptors (Lipinski definition) is 5. The third-order valence-electron chi connectivity index (χ3n) is 4.20. The SMILES string of the molecule is CSc1ccc([C@H]2NC(=O)N(CC(=O)NC(C)C)C3=C2C(=O)OC3)cc1. The molecule has 0 fully saturated rings. The molecule has 26 heavy (non-hydrogen) atoms. The van der Waals surface area contributed by atoms with Gasteiger partial charge >= 0.3 is 12.0 Å². The minimum Gasteiger partial charge on any atom is -0.456 e. The lowest BCUT2D eigenvalue weighted by Crippen LogP contribution is -2.51. The highest BCUT2D eigenvalue weighted by molar-refractivity contribution is 7.98. The van der Waals surface area contributed by atoms with E-state index in [0.29, 0.717) is 11.3 Å². The fourth-order valence-electron chi connectivity index (χ4n) is 3.04. The first kappa shape index (κ1) is 18.3. The van der Waals surface area contributed by atoms with Crippen molar-refractivity contribution in [1.29, 1.82) is 0 Å². The number of nitrogens with zero attached hydrogens (tertiary/aromatic N) is 1. The van der Waals surface area contributed by atoms with Crippen LogP contribution in [0.25, 0.3) is 0 Å². The summed E-state index contributed by atoms with van der Waals surface area (Å²) in [6, 6.07) is 6.62. The summed E-state index contributed by atoms with van der Waals surface area (Å²) in [7, 11) is 0. The summed E-state index contributed by atoms with van der Waals surface area (Å²) < 4.78 is 5.16. The molecule has 2 N–H and O–H groups in total. The number of ether oxygens (including phenoxy) is 1. The topological polar surface area (TPSA) is 87.7 Å². The number of benzene rings is 1. The summed E-state index contributed by atoms with van der Waals surface area (Å²) in [5, 5.41) is 5.57. The predicted molar refractivity (Wildman–Crippen MR) is 97.5 cm³/mol. The van der Waals surface area contributed by atoms with Crippen molar-refractivity contribution in [2.45, 2.75) is 30.8 Å². The van der Waals surface area contributed by atoms with Crippen LogP contribution < -0.4 is 10.6 Å². The number of nitrogens with one attached hydrogen (secondary N) is 2. The van der Waals surface area contributed by atoms with Crippen LogP contribution in [0.15, 0.2) is 40.4 Å². The molecule has 1 aromatic carbocycles. The van der Waals surface area contributed by atoms with Crippen LogP contribution in [0.5, 0.6) is 0 Å². The molecule has 0 aromatic heterocycles. The largest absolute Gasteiger partial charge is 0.456 e. The molecular formula is C18H21N3O4S. The lowest BCUT2D eigenvalue weighted by Gasteiger charge is -2.32. The van der Waals surface area contributed by atoms with Gasteiger partial charge in [-0.3, -0.25) is 9.69 Å². The maximum atomic E-state index is 12.6. The number of thioether (sulfide) groups is 1. The summed E-state index contributed by atoms with van der Waals surface area (Å²) in [6.45, 7) is 3.53. The molecule has 0 saturated heterocycles. The van der Waals surface area contributed by atoms with Crippen molar-refractivity contribution in [3.63, 3.8) is 0 Å². The van der Waals surface area contributed by atoms with Crippen LogP contribution in [0.1, 0.15) is 25.5 Å². The molecule has 2 heterocycles. The first-order valence-electron chi connectivity index (χ1n) is 8.32. The van der Waals surface area contributed by atoms with E-state index in [4.69, 9.17) is 4.74 Å². The van der Waals surface area contributed by atoms with Crippen LogP contribution in [0.4, 0.5) is 4.79 Å². The van der Waals surface area contributed by atoms with Crippen molar-refractivity contribution < 1.29 is 19.1 Å². The molecule has 3 amide bonds. The van der Waals surface area contributed by atoms with E-state index < -0.39 is 18.0 Å². The molecule has 8 heteroatoms. The van der Waals surface area contributed by atoms with Gasteiger partial charge in [0.25, 0.3) is 0 Å². The van der Waals surface area contributed by atoms with Gasteiger partial charge < -0.3 is 15.4 Å². The number of carbonyl (C=O) groups excluding carboxylic acids is 3. The number of urea groups is 1. The summed E-state index contributed by atoms with van der Waals surface area (Å²) in [5.41, 5.74) is 1.64. The minimum absolute atomic E-state index is 0.00403. The lowest BCUT2D eigenvalue weighted by atomic mass is 9.96. The van der Waals surface area contributed by atoms with Gasteiger partial charge in [-0.2, -0.15) is 0 Å². The Morgan fingerprint density at radius 2 is 2.04 bits per heavy atom. The molecule has 1 aromatic rings. The van der Waals surface area contributed by atoms with Crippen LogP contribution in [-0.2, 0) is 14.3 Å². The van der Waals surface area contributed by atoms with Crippen LogP contribution in [0, 0.1) is 0 Å². The summed E-state index contributed by atoms with van der Waals surface area (Å²) in [6.07, 6.45) is 1.98. The van der Waals surface area contributed by atoms with E-state index in [1.165, 1.54) is 4.90 Å². The van der Waals surface area contributed by atoms with Crippen molar-refractivity contribution in [1.82, 2.24) is 15.5 Å². The molecule has 7 nitrogen and oxygen atoms in total. The first-order chi connectivity index (χ1) is 12.4. The molecule has 0 bridgehead atoms.